The van der Waals surface area contributed by atoms with E-state index in [4.69, 9.17) is 4.99 Å². The molecule has 2 saturated carbocycles. The van der Waals surface area contributed by atoms with E-state index in [9.17, 15) is 18.0 Å². The Morgan fingerprint density at radius 1 is 0.974 bits per heavy atom. The number of rotatable bonds is 9. The number of carbonyl (C=O) groups excluding carboxylic acids is 1. The van der Waals surface area contributed by atoms with Gasteiger partial charge in [0, 0.05) is 31.7 Å². The quantitative estimate of drug-likeness (QED) is 0.297. The summed E-state index contributed by atoms with van der Waals surface area (Å²) in [5.41, 5.74) is 0.692. The Balaban J connectivity index is 1.42. The van der Waals surface area contributed by atoms with Crippen LogP contribution < -0.4 is 16.0 Å². The van der Waals surface area contributed by atoms with Crippen molar-refractivity contribution in [3.8, 4) is 0 Å². The van der Waals surface area contributed by atoms with Gasteiger partial charge in [0.25, 0.3) is 0 Å². The second-order valence-electron chi connectivity index (χ2n) is 11.2. The molecule has 4 rings (SSSR count). The molecule has 10 heteroatoms. The van der Waals surface area contributed by atoms with Crippen molar-refractivity contribution in [1.82, 2.24) is 15.3 Å². The van der Waals surface area contributed by atoms with Crippen molar-refractivity contribution in [3.05, 3.63) is 23.5 Å². The minimum atomic E-state index is -4.58. The maximum absolute atomic E-state index is 13.7. The lowest BCUT2D eigenvalue weighted by molar-refractivity contribution is -0.137. The predicted octanol–water partition coefficient (Wildman–Crippen LogP) is 6.74. The summed E-state index contributed by atoms with van der Waals surface area (Å²) in [4.78, 5) is 24.9. The van der Waals surface area contributed by atoms with Gasteiger partial charge < -0.3 is 16.0 Å². The summed E-state index contributed by atoms with van der Waals surface area (Å²) in [6.07, 6.45) is 13.0. The standard InChI is InChI=1S/C29H43F3N6O/c1-20-25(18-23(14-17-33-20)21-10-6-4-2-3-5-7-11-21)37-28-36-19-24(29(30,31)32)26(38-28)34-15-9-16-35-27(39)22-12-8-13-22/h18-19,21-23H,2-17H2,1H3,(H,35,39)(H2,34,36,37,38). The molecule has 1 unspecified atom stereocenters. The van der Waals surface area contributed by atoms with Crippen LogP contribution in [0, 0.1) is 17.8 Å². The average Bonchev–Trinajstić information content (AvgIpc) is 2.94. The third-order valence-electron chi connectivity index (χ3n) is 8.35. The zero-order valence-electron chi connectivity index (χ0n) is 23.1. The molecular formula is C29H43F3N6O. The number of carbonyl (C=O) groups is 1. The van der Waals surface area contributed by atoms with Gasteiger partial charge in [-0.2, -0.15) is 18.2 Å². The molecule has 216 valence electrons. The smallest absolute Gasteiger partial charge is 0.369 e. The highest BCUT2D eigenvalue weighted by Crippen LogP contribution is 2.35. The molecule has 1 aliphatic heterocycles. The number of nitrogens with one attached hydrogen (secondary N) is 3. The highest BCUT2D eigenvalue weighted by molar-refractivity contribution is 6.00. The second-order valence-corrected chi connectivity index (χ2v) is 11.2. The minimum Gasteiger partial charge on any atom is -0.369 e. The maximum Gasteiger partial charge on any atom is 0.421 e. The van der Waals surface area contributed by atoms with E-state index >= 15 is 0 Å². The topological polar surface area (TPSA) is 91.3 Å². The van der Waals surface area contributed by atoms with Gasteiger partial charge in [-0.25, -0.2) is 4.98 Å². The number of alkyl halides is 3. The van der Waals surface area contributed by atoms with E-state index < -0.39 is 11.7 Å². The van der Waals surface area contributed by atoms with Gasteiger partial charge in [-0.05, 0) is 57.3 Å². The van der Waals surface area contributed by atoms with Crippen LogP contribution >= 0.6 is 0 Å². The van der Waals surface area contributed by atoms with Crippen LogP contribution in [-0.2, 0) is 11.0 Å². The van der Waals surface area contributed by atoms with E-state index in [2.05, 4.69) is 32.0 Å². The van der Waals surface area contributed by atoms with E-state index in [1.807, 2.05) is 6.92 Å². The first-order valence-electron chi connectivity index (χ1n) is 14.8. The Bertz CT molecular complexity index is 1010. The number of nitrogens with zero attached hydrogens (tertiary/aromatic N) is 3. The molecule has 2 aliphatic carbocycles. The van der Waals surface area contributed by atoms with Crippen LogP contribution in [0.25, 0.3) is 0 Å². The monoisotopic (exact) mass is 548 g/mol. The van der Waals surface area contributed by atoms with Gasteiger partial charge in [-0.1, -0.05) is 51.0 Å². The van der Waals surface area contributed by atoms with Crippen LogP contribution in [0.2, 0.25) is 0 Å². The zero-order chi connectivity index (χ0) is 27.7. The lowest BCUT2D eigenvalue weighted by Gasteiger charge is -2.24. The Labute approximate surface area is 229 Å². The van der Waals surface area contributed by atoms with Crippen LogP contribution in [0.1, 0.15) is 96.0 Å². The van der Waals surface area contributed by atoms with Gasteiger partial charge in [0.15, 0.2) is 0 Å². The third-order valence-corrected chi connectivity index (χ3v) is 8.35. The molecule has 2 fully saturated rings. The number of aliphatic imine (C=N–C) groups is 1. The molecule has 39 heavy (non-hydrogen) atoms. The second kappa shape index (κ2) is 14.1. The molecule has 1 atom stereocenters. The molecule has 1 amide bonds. The first-order chi connectivity index (χ1) is 18.8. The molecule has 2 heterocycles. The molecule has 1 aromatic rings. The molecule has 1 aromatic heterocycles. The lowest BCUT2D eigenvalue weighted by Crippen LogP contribution is -2.35. The summed E-state index contributed by atoms with van der Waals surface area (Å²) in [6, 6.07) is 0. The number of halogens is 3. The molecule has 3 N–H and O–H groups in total. The van der Waals surface area contributed by atoms with Gasteiger partial charge in [0.2, 0.25) is 11.9 Å². The Morgan fingerprint density at radius 2 is 1.69 bits per heavy atom. The molecular weight excluding hydrogens is 505 g/mol. The van der Waals surface area contributed by atoms with Crippen LogP contribution in [0.15, 0.2) is 23.0 Å². The first-order valence-corrected chi connectivity index (χ1v) is 14.8. The molecule has 3 aliphatic rings. The van der Waals surface area contributed by atoms with Gasteiger partial charge in [0.1, 0.15) is 11.4 Å². The third kappa shape index (κ3) is 8.67. The van der Waals surface area contributed by atoms with Crippen molar-refractivity contribution in [2.75, 3.05) is 30.3 Å². The average molecular weight is 549 g/mol. The normalized spacial score (nSPS) is 21.8. The van der Waals surface area contributed by atoms with Crippen molar-refractivity contribution in [2.45, 2.75) is 96.6 Å². The number of hydrogen-bond acceptors (Lipinski definition) is 6. The summed E-state index contributed by atoms with van der Waals surface area (Å²) < 4.78 is 41.1. The van der Waals surface area contributed by atoms with Crippen molar-refractivity contribution >= 4 is 23.4 Å². The minimum absolute atomic E-state index is 0.0349. The van der Waals surface area contributed by atoms with Gasteiger partial charge in [-0.15, -0.1) is 0 Å². The van der Waals surface area contributed by atoms with Crippen LogP contribution in [0.5, 0.6) is 0 Å². The largest absolute Gasteiger partial charge is 0.421 e. The van der Waals surface area contributed by atoms with E-state index in [0.29, 0.717) is 24.8 Å². The Kier molecular flexibility index (Phi) is 10.6. The predicted molar refractivity (Wildman–Crippen MR) is 149 cm³/mol. The van der Waals surface area contributed by atoms with Crippen molar-refractivity contribution in [1.29, 1.82) is 0 Å². The number of amides is 1. The summed E-state index contributed by atoms with van der Waals surface area (Å²) in [5, 5.41) is 8.87. The number of hydrogen-bond donors (Lipinski definition) is 3. The number of allylic oxidation sites excluding steroid dienone is 2. The SMILES string of the molecule is CC1=NCCC(C2CCCCCCCC2)C=C1Nc1ncc(C(F)(F)F)c(NCCCNC(=O)C2CCC2)n1. The van der Waals surface area contributed by atoms with Crippen molar-refractivity contribution in [3.63, 3.8) is 0 Å². The van der Waals surface area contributed by atoms with Crippen LogP contribution in [-0.4, -0.2) is 41.2 Å². The van der Waals surface area contributed by atoms with Crippen LogP contribution in [0.3, 0.4) is 0 Å². The fourth-order valence-corrected chi connectivity index (χ4v) is 5.71. The zero-order valence-corrected chi connectivity index (χ0v) is 23.1. The van der Waals surface area contributed by atoms with Crippen molar-refractivity contribution in [2.24, 2.45) is 22.7 Å². The Hall–Kier alpha value is -2.65. The Morgan fingerprint density at radius 3 is 2.36 bits per heavy atom. The van der Waals surface area contributed by atoms with Crippen molar-refractivity contribution < 1.29 is 18.0 Å². The van der Waals surface area contributed by atoms with E-state index in [1.165, 1.54) is 51.4 Å². The molecule has 0 spiro atoms. The maximum atomic E-state index is 13.7. The highest BCUT2D eigenvalue weighted by atomic mass is 19.4. The molecule has 0 bridgehead atoms. The molecule has 0 aromatic carbocycles. The number of anilines is 2. The van der Waals surface area contributed by atoms with Crippen LogP contribution in [0.4, 0.5) is 24.9 Å². The van der Waals surface area contributed by atoms with Gasteiger partial charge >= 0.3 is 6.18 Å². The van der Waals surface area contributed by atoms with E-state index in [0.717, 1.165) is 49.8 Å². The summed E-state index contributed by atoms with van der Waals surface area (Å²) in [5.74, 6) is 0.937. The number of aromatic nitrogens is 2. The van der Waals surface area contributed by atoms with Gasteiger partial charge in [-0.3, -0.25) is 9.79 Å². The lowest BCUT2D eigenvalue weighted by atomic mass is 9.82. The highest BCUT2D eigenvalue weighted by Gasteiger charge is 2.35. The summed E-state index contributed by atoms with van der Waals surface area (Å²) in [7, 11) is 0. The molecule has 0 radical (unpaired) electrons. The fraction of sp³-hybridized carbons (Fsp3) is 0.724. The molecule has 0 saturated heterocycles. The summed E-state index contributed by atoms with van der Waals surface area (Å²) >= 11 is 0. The first kappa shape index (κ1) is 29.3. The van der Waals surface area contributed by atoms with Gasteiger partial charge in [0.05, 0.1) is 11.4 Å². The van der Waals surface area contributed by atoms with E-state index in [1.54, 1.807) is 0 Å². The fourth-order valence-electron chi connectivity index (χ4n) is 5.71. The molecule has 7 nitrogen and oxygen atoms in total. The summed E-state index contributed by atoms with van der Waals surface area (Å²) in [6.45, 7) is 3.32. The van der Waals surface area contributed by atoms with E-state index in [-0.39, 0.29) is 30.1 Å².